The van der Waals surface area contributed by atoms with Gasteiger partial charge in [-0.2, -0.15) is 0 Å². The van der Waals surface area contributed by atoms with Crippen molar-refractivity contribution in [2.75, 3.05) is 12.8 Å². The summed E-state index contributed by atoms with van der Waals surface area (Å²) in [6.45, 7) is 0.258. The first-order valence-electron chi connectivity index (χ1n) is 5.96. The molecule has 0 heterocycles. The number of nitrogens with two attached hydrogens (primary N) is 1. The van der Waals surface area contributed by atoms with Crippen molar-refractivity contribution in [2.45, 2.75) is 6.61 Å². The second-order valence-corrected chi connectivity index (χ2v) is 4.53. The zero-order valence-electron chi connectivity index (χ0n) is 10.9. The number of carbonyl (C=O) groups is 1. The van der Waals surface area contributed by atoms with Gasteiger partial charge in [0.05, 0.1) is 7.11 Å². The van der Waals surface area contributed by atoms with Crippen LogP contribution in [-0.4, -0.2) is 13.1 Å². The summed E-state index contributed by atoms with van der Waals surface area (Å²) < 4.78 is 10.3. The number of hydrogen-bond acceptors (Lipinski definition) is 4. The van der Waals surface area contributed by atoms with Gasteiger partial charge in [0.25, 0.3) is 0 Å². The molecule has 2 aromatic carbocycles. The minimum atomic E-state index is -0.494. The van der Waals surface area contributed by atoms with E-state index in [-0.39, 0.29) is 6.61 Å². The maximum Gasteiger partial charge on any atom is 0.341 e. The van der Waals surface area contributed by atoms with E-state index in [1.807, 2.05) is 18.2 Å². The van der Waals surface area contributed by atoms with Crippen LogP contribution in [0.5, 0.6) is 5.75 Å². The quantitative estimate of drug-likeness (QED) is 0.693. The first-order chi connectivity index (χ1) is 9.61. The Labute approximate surface area is 122 Å². The number of ether oxygens (including phenoxy) is 2. The second-order valence-electron chi connectivity index (χ2n) is 4.13. The molecule has 0 atom stereocenters. The van der Waals surface area contributed by atoms with Crippen LogP contribution in [-0.2, 0) is 11.3 Å². The highest BCUT2D eigenvalue weighted by atomic mass is 35.5. The van der Waals surface area contributed by atoms with Crippen LogP contribution in [0, 0.1) is 0 Å². The molecule has 0 saturated heterocycles. The number of nitrogen functional groups attached to an aromatic ring is 1. The zero-order chi connectivity index (χ0) is 14.5. The van der Waals surface area contributed by atoms with Crippen LogP contribution in [0.4, 0.5) is 5.69 Å². The van der Waals surface area contributed by atoms with Gasteiger partial charge in [-0.3, -0.25) is 0 Å². The summed E-state index contributed by atoms with van der Waals surface area (Å²) in [6.07, 6.45) is 0. The van der Waals surface area contributed by atoms with Crippen LogP contribution in [0.2, 0.25) is 5.02 Å². The van der Waals surface area contributed by atoms with E-state index >= 15 is 0 Å². The van der Waals surface area contributed by atoms with Crippen molar-refractivity contribution in [2.24, 2.45) is 0 Å². The molecule has 0 bridgehead atoms. The fourth-order valence-corrected chi connectivity index (χ4v) is 1.90. The number of anilines is 1. The van der Waals surface area contributed by atoms with Gasteiger partial charge in [-0.05, 0) is 24.3 Å². The molecular weight excluding hydrogens is 278 g/mol. The number of benzene rings is 2. The van der Waals surface area contributed by atoms with Crippen molar-refractivity contribution in [3.05, 3.63) is 58.6 Å². The van der Waals surface area contributed by atoms with Crippen LogP contribution < -0.4 is 10.5 Å². The maximum atomic E-state index is 11.7. The van der Waals surface area contributed by atoms with Gasteiger partial charge in [0.1, 0.15) is 17.9 Å². The first-order valence-corrected chi connectivity index (χ1v) is 6.33. The SMILES string of the molecule is COC(=O)c1cc(N)ccc1OCc1ccccc1Cl. The molecule has 0 fully saturated rings. The summed E-state index contributed by atoms with van der Waals surface area (Å²) in [7, 11) is 1.31. The van der Waals surface area contributed by atoms with Crippen molar-refractivity contribution in [3.8, 4) is 5.75 Å². The van der Waals surface area contributed by atoms with Gasteiger partial charge in [0.2, 0.25) is 0 Å². The lowest BCUT2D eigenvalue weighted by atomic mass is 10.1. The lowest BCUT2D eigenvalue weighted by Crippen LogP contribution is -2.07. The van der Waals surface area contributed by atoms with E-state index in [2.05, 4.69) is 0 Å². The van der Waals surface area contributed by atoms with Crippen LogP contribution in [0.3, 0.4) is 0 Å². The van der Waals surface area contributed by atoms with Crippen LogP contribution in [0.1, 0.15) is 15.9 Å². The molecule has 104 valence electrons. The van der Waals surface area contributed by atoms with Crippen molar-refractivity contribution in [3.63, 3.8) is 0 Å². The Bertz CT molecular complexity index is 628. The van der Waals surface area contributed by atoms with E-state index in [1.54, 1.807) is 18.2 Å². The predicted molar refractivity (Wildman–Crippen MR) is 78.0 cm³/mol. The molecule has 20 heavy (non-hydrogen) atoms. The third kappa shape index (κ3) is 3.22. The predicted octanol–water partition coefficient (Wildman–Crippen LogP) is 3.29. The average Bonchev–Trinajstić information content (AvgIpc) is 2.46. The monoisotopic (exact) mass is 291 g/mol. The third-order valence-corrected chi connectivity index (χ3v) is 3.12. The smallest absolute Gasteiger partial charge is 0.341 e. The molecule has 0 aromatic heterocycles. The lowest BCUT2D eigenvalue weighted by molar-refractivity contribution is 0.0595. The first kappa shape index (κ1) is 14.2. The van der Waals surface area contributed by atoms with Crippen LogP contribution in [0.15, 0.2) is 42.5 Å². The van der Waals surface area contributed by atoms with Gasteiger partial charge < -0.3 is 15.2 Å². The number of carbonyl (C=O) groups excluding carboxylic acids is 1. The molecule has 0 amide bonds. The van der Waals surface area contributed by atoms with E-state index in [4.69, 9.17) is 26.8 Å². The van der Waals surface area contributed by atoms with Gasteiger partial charge in [0, 0.05) is 16.3 Å². The lowest BCUT2D eigenvalue weighted by Gasteiger charge is -2.11. The number of hydrogen-bond donors (Lipinski definition) is 1. The Balaban J connectivity index is 2.21. The Hall–Kier alpha value is -2.20. The van der Waals surface area contributed by atoms with Crippen molar-refractivity contribution in [1.29, 1.82) is 0 Å². The molecule has 0 radical (unpaired) electrons. The van der Waals surface area contributed by atoms with E-state index in [0.717, 1.165) is 5.56 Å². The summed E-state index contributed by atoms with van der Waals surface area (Å²) >= 11 is 6.05. The molecule has 0 aliphatic rings. The topological polar surface area (TPSA) is 61.5 Å². The van der Waals surface area contributed by atoms with Crippen molar-refractivity contribution < 1.29 is 14.3 Å². The molecule has 0 unspecified atom stereocenters. The van der Waals surface area contributed by atoms with Crippen molar-refractivity contribution in [1.82, 2.24) is 0 Å². The molecular formula is C15H14ClNO3. The summed E-state index contributed by atoms with van der Waals surface area (Å²) in [5.74, 6) is -0.0857. The molecule has 0 spiro atoms. The van der Waals surface area contributed by atoms with Gasteiger partial charge in [-0.15, -0.1) is 0 Å². The largest absolute Gasteiger partial charge is 0.488 e. The Morgan fingerprint density at radius 1 is 1.25 bits per heavy atom. The van der Waals surface area contributed by atoms with Crippen molar-refractivity contribution >= 4 is 23.3 Å². The second kappa shape index (κ2) is 6.30. The fourth-order valence-electron chi connectivity index (χ4n) is 1.71. The zero-order valence-corrected chi connectivity index (χ0v) is 11.7. The molecule has 0 aliphatic carbocycles. The maximum absolute atomic E-state index is 11.7. The van der Waals surface area contributed by atoms with E-state index in [0.29, 0.717) is 22.0 Å². The van der Waals surface area contributed by atoms with Crippen LogP contribution in [0.25, 0.3) is 0 Å². The average molecular weight is 292 g/mol. The molecule has 4 nitrogen and oxygen atoms in total. The summed E-state index contributed by atoms with van der Waals surface area (Å²) in [6, 6.07) is 12.2. The fraction of sp³-hybridized carbons (Fsp3) is 0.133. The molecule has 2 aromatic rings. The summed E-state index contributed by atoms with van der Waals surface area (Å²) in [5, 5.41) is 0.613. The molecule has 2 rings (SSSR count). The van der Waals surface area contributed by atoms with E-state index < -0.39 is 5.97 Å². The van der Waals surface area contributed by atoms with Gasteiger partial charge in [-0.1, -0.05) is 29.8 Å². The normalized spacial score (nSPS) is 10.1. The van der Waals surface area contributed by atoms with E-state index in [9.17, 15) is 4.79 Å². The molecule has 0 aliphatic heterocycles. The minimum absolute atomic E-state index is 0.258. The molecule has 0 saturated carbocycles. The molecule has 2 N–H and O–H groups in total. The Morgan fingerprint density at radius 2 is 2.00 bits per heavy atom. The standard InChI is InChI=1S/C15H14ClNO3/c1-19-15(18)12-8-11(17)6-7-14(12)20-9-10-4-2-3-5-13(10)16/h2-8H,9,17H2,1H3. The number of rotatable bonds is 4. The Kier molecular flexibility index (Phi) is 4.48. The summed E-state index contributed by atoms with van der Waals surface area (Å²) in [4.78, 5) is 11.7. The number of methoxy groups -OCH3 is 1. The highest BCUT2D eigenvalue weighted by molar-refractivity contribution is 6.31. The van der Waals surface area contributed by atoms with Gasteiger partial charge in [0.15, 0.2) is 0 Å². The third-order valence-electron chi connectivity index (χ3n) is 2.75. The van der Waals surface area contributed by atoms with E-state index in [1.165, 1.54) is 13.2 Å². The highest BCUT2D eigenvalue weighted by Crippen LogP contribution is 2.24. The van der Waals surface area contributed by atoms with Gasteiger partial charge >= 0.3 is 5.97 Å². The Morgan fingerprint density at radius 3 is 2.70 bits per heavy atom. The summed E-state index contributed by atoms with van der Waals surface area (Å²) in [5.41, 5.74) is 7.26. The number of halogens is 1. The number of esters is 1. The molecule has 5 heteroatoms. The van der Waals surface area contributed by atoms with Crippen LogP contribution >= 0.6 is 11.6 Å². The van der Waals surface area contributed by atoms with Gasteiger partial charge in [-0.25, -0.2) is 4.79 Å². The minimum Gasteiger partial charge on any atom is -0.488 e. The highest BCUT2D eigenvalue weighted by Gasteiger charge is 2.14.